The van der Waals surface area contributed by atoms with Crippen molar-refractivity contribution >= 4 is 11.1 Å². The first-order valence-corrected chi connectivity index (χ1v) is 3.79. The predicted molar refractivity (Wildman–Crippen MR) is 44.0 cm³/mol. The molecule has 0 saturated heterocycles. The van der Waals surface area contributed by atoms with E-state index in [1.807, 2.05) is 25.1 Å². The molecule has 0 atom stereocenters. The van der Waals surface area contributed by atoms with Crippen molar-refractivity contribution in [2.75, 3.05) is 6.61 Å². The highest BCUT2D eigenvalue weighted by molar-refractivity contribution is 5.73. The van der Waals surface area contributed by atoms with Crippen LogP contribution in [0.4, 0.5) is 0 Å². The third-order valence-electron chi connectivity index (χ3n) is 1.56. The molecular weight excluding hydrogens is 154 g/mol. The number of ether oxygens (including phenoxy) is 1. The number of oxazole rings is 1. The van der Waals surface area contributed by atoms with E-state index in [0.717, 1.165) is 11.3 Å². The average Bonchev–Trinajstić information content (AvgIpc) is 2.51. The molecule has 0 bridgehead atoms. The molecule has 1 radical (unpaired) electrons. The highest BCUT2D eigenvalue weighted by atomic mass is 16.5. The van der Waals surface area contributed by atoms with Crippen LogP contribution in [0.5, 0.6) is 5.75 Å². The number of benzene rings is 1. The summed E-state index contributed by atoms with van der Waals surface area (Å²) >= 11 is 0. The van der Waals surface area contributed by atoms with E-state index in [-0.39, 0.29) is 0 Å². The van der Waals surface area contributed by atoms with Crippen molar-refractivity contribution in [3.05, 3.63) is 24.6 Å². The molecular formula is C9H8NO2. The highest BCUT2D eigenvalue weighted by Crippen LogP contribution is 2.18. The van der Waals surface area contributed by atoms with E-state index in [1.165, 1.54) is 0 Å². The second kappa shape index (κ2) is 2.85. The molecule has 0 aliphatic carbocycles. The molecule has 0 aliphatic rings. The molecule has 0 fully saturated rings. The maximum absolute atomic E-state index is 5.28. The van der Waals surface area contributed by atoms with Gasteiger partial charge in [0.2, 0.25) is 0 Å². The van der Waals surface area contributed by atoms with Gasteiger partial charge < -0.3 is 9.15 Å². The Balaban J connectivity index is 2.46. The van der Waals surface area contributed by atoms with Gasteiger partial charge in [0.25, 0.3) is 6.39 Å². The Labute approximate surface area is 70.0 Å². The third kappa shape index (κ3) is 1.13. The van der Waals surface area contributed by atoms with Crippen molar-refractivity contribution in [2.45, 2.75) is 6.92 Å². The Morgan fingerprint density at radius 3 is 3.33 bits per heavy atom. The molecule has 0 N–H and O–H groups in total. The van der Waals surface area contributed by atoms with Gasteiger partial charge in [-0.1, -0.05) is 0 Å². The van der Waals surface area contributed by atoms with E-state index < -0.39 is 0 Å². The van der Waals surface area contributed by atoms with Crippen LogP contribution in [-0.2, 0) is 0 Å². The van der Waals surface area contributed by atoms with Crippen LogP contribution in [0, 0.1) is 6.39 Å². The van der Waals surface area contributed by atoms with E-state index in [0.29, 0.717) is 12.2 Å². The SMILES string of the molecule is CCOc1ccc2n[c]oc2c1. The van der Waals surface area contributed by atoms with Gasteiger partial charge in [0.1, 0.15) is 11.3 Å². The van der Waals surface area contributed by atoms with E-state index >= 15 is 0 Å². The summed E-state index contributed by atoms with van der Waals surface area (Å²) in [5, 5.41) is 0. The van der Waals surface area contributed by atoms with Crippen molar-refractivity contribution < 1.29 is 9.15 Å². The number of nitrogens with zero attached hydrogens (tertiary/aromatic N) is 1. The summed E-state index contributed by atoms with van der Waals surface area (Å²) in [5.74, 6) is 0.801. The normalized spacial score (nSPS) is 10.4. The topological polar surface area (TPSA) is 35.3 Å². The summed E-state index contributed by atoms with van der Waals surface area (Å²) in [7, 11) is 0. The number of fused-ring (bicyclic) bond motifs is 1. The Morgan fingerprint density at radius 1 is 1.58 bits per heavy atom. The van der Waals surface area contributed by atoms with Crippen LogP contribution >= 0.6 is 0 Å². The maximum Gasteiger partial charge on any atom is 0.284 e. The molecule has 0 aliphatic heterocycles. The standard InChI is InChI=1S/C9H8NO2/c1-2-11-7-3-4-8-9(5-7)12-6-10-8/h3-5H,2H2,1H3. The number of hydrogen-bond acceptors (Lipinski definition) is 3. The molecule has 0 saturated carbocycles. The monoisotopic (exact) mass is 162 g/mol. The zero-order chi connectivity index (χ0) is 8.39. The molecule has 1 aromatic heterocycles. The van der Waals surface area contributed by atoms with Gasteiger partial charge in [-0.3, -0.25) is 0 Å². The van der Waals surface area contributed by atoms with Crippen LogP contribution in [0.25, 0.3) is 11.1 Å². The van der Waals surface area contributed by atoms with Crippen molar-refractivity contribution in [1.82, 2.24) is 4.98 Å². The lowest BCUT2D eigenvalue weighted by Gasteiger charge is -2.00. The first kappa shape index (κ1) is 7.16. The fourth-order valence-electron chi connectivity index (χ4n) is 1.05. The van der Waals surface area contributed by atoms with Crippen LogP contribution in [-0.4, -0.2) is 11.6 Å². The minimum absolute atomic E-state index is 0.656. The predicted octanol–water partition coefficient (Wildman–Crippen LogP) is 2.03. The van der Waals surface area contributed by atoms with Crippen LogP contribution in [0.2, 0.25) is 0 Å². The van der Waals surface area contributed by atoms with Crippen LogP contribution in [0.15, 0.2) is 22.6 Å². The quantitative estimate of drug-likeness (QED) is 0.677. The minimum atomic E-state index is 0.656. The molecule has 3 nitrogen and oxygen atoms in total. The summed E-state index contributed by atoms with van der Waals surface area (Å²) in [5.41, 5.74) is 1.51. The number of hydrogen-bond donors (Lipinski definition) is 0. The molecule has 3 heteroatoms. The molecule has 12 heavy (non-hydrogen) atoms. The Kier molecular flexibility index (Phi) is 1.70. The maximum atomic E-state index is 5.28. The summed E-state index contributed by atoms with van der Waals surface area (Å²) in [6.45, 7) is 2.60. The Morgan fingerprint density at radius 2 is 2.50 bits per heavy atom. The lowest BCUT2D eigenvalue weighted by Crippen LogP contribution is -1.90. The van der Waals surface area contributed by atoms with Crippen molar-refractivity contribution in [1.29, 1.82) is 0 Å². The second-order valence-corrected chi connectivity index (χ2v) is 2.37. The molecule has 2 rings (SSSR count). The van der Waals surface area contributed by atoms with Gasteiger partial charge in [-0.15, -0.1) is 0 Å². The van der Waals surface area contributed by atoms with Gasteiger partial charge in [0.05, 0.1) is 6.61 Å². The summed E-state index contributed by atoms with van der Waals surface area (Å²) in [6.07, 6.45) is 2.43. The van der Waals surface area contributed by atoms with Gasteiger partial charge in [-0.25, -0.2) is 4.98 Å². The Bertz CT molecular complexity index is 381. The third-order valence-corrected chi connectivity index (χ3v) is 1.56. The smallest absolute Gasteiger partial charge is 0.284 e. The lowest BCUT2D eigenvalue weighted by atomic mass is 10.3. The van der Waals surface area contributed by atoms with Crippen molar-refractivity contribution in [2.24, 2.45) is 0 Å². The van der Waals surface area contributed by atoms with Gasteiger partial charge in [0.15, 0.2) is 5.58 Å². The van der Waals surface area contributed by atoms with E-state index in [1.54, 1.807) is 0 Å². The summed E-state index contributed by atoms with van der Waals surface area (Å²) < 4.78 is 10.3. The lowest BCUT2D eigenvalue weighted by molar-refractivity contribution is 0.340. The zero-order valence-corrected chi connectivity index (χ0v) is 6.70. The van der Waals surface area contributed by atoms with E-state index in [4.69, 9.17) is 9.15 Å². The zero-order valence-electron chi connectivity index (χ0n) is 6.70. The minimum Gasteiger partial charge on any atom is -0.494 e. The molecule has 1 heterocycles. The summed E-state index contributed by atoms with van der Waals surface area (Å²) in [6, 6.07) is 5.52. The van der Waals surface area contributed by atoms with Crippen molar-refractivity contribution in [3.63, 3.8) is 0 Å². The van der Waals surface area contributed by atoms with Crippen molar-refractivity contribution in [3.8, 4) is 5.75 Å². The van der Waals surface area contributed by atoms with Gasteiger partial charge in [-0.2, -0.15) is 0 Å². The first-order valence-electron chi connectivity index (χ1n) is 3.79. The molecule has 0 unspecified atom stereocenters. The van der Waals surface area contributed by atoms with E-state index in [2.05, 4.69) is 11.4 Å². The molecule has 2 aromatic rings. The highest BCUT2D eigenvalue weighted by Gasteiger charge is 1.99. The average molecular weight is 162 g/mol. The fourth-order valence-corrected chi connectivity index (χ4v) is 1.05. The van der Waals surface area contributed by atoms with E-state index in [9.17, 15) is 0 Å². The number of rotatable bonds is 2. The molecule has 0 spiro atoms. The second-order valence-electron chi connectivity index (χ2n) is 2.37. The fraction of sp³-hybridized carbons (Fsp3) is 0.222. The first-order chi connectivity index (χ1) is 5.90. The molecule has 0 amide bonds. The van der Waals surface area contributed by atoms with Gasteiger partial charge in [0, 0.05) is 6.07 Å². The van der Waals surface area contributed by atoms with Crippen LogP contribution in [0.1, 0.15) is 6.92 Å². The van der Waals surface area contributed by atoms with Gasteiger partial charge >= 0.3 is 0 Å². The van der Waals surface area contributed by atoms with Crippen LogP contribution in [0.3, 0.4) is 0 Å². The molecule has 1 aromatic carbocycles. The Hall–Kier alpha value is -1.51. The van der Waals surface area contributed by atoms with Crippen LogP contribution < -0.4 is 4.74 Å². The molecule has 61 valence electrons. The number of aromatic nitrogens is 1. The summed E-state index contributed by atoms with van der Waals surface area (Å²) in [4.78, 5) is 3.87. The largest absolute Gasteiger partial charge is 0.494 e. The van der Waals surface area contributed by atoms with Gasteiger partial charge in [-0.05, 0) is 19.1 Å².